The molecule has 0 amide bonds. The molecule has 3 nitrogen and oxygen atoms in total. The van der Waals surface area contributed by atoms with Crippen molar-refractivity contribution in [1.82, 2.24) is 10.3 Å². The molecule has 102 valence electrons. The molecule has 0 saturated carbocycles. The van der Waals surface area contributed by atoms with Gasteiger partial charge in [0.05, 0.1) is 6.04 Å². The zero-order valence-corrected chi connectivity index (χ0v) is 12.0. The van der Waals surface area contributed by atoms with Crippen molar-refractivity contribution < 1.29 is 5.11 Å². The van der Waals surface area contributed by atoms with Gasteiger partial charge < -0.3 is 10.4 Å². The Labute approximate surface area is 121 Å². The van der Waals surface area contributed by atoms with Crippen molar-refractivity contribution in [2.75, 3.05) is 0 Å². The summed E-state index contributed by atoms with van der Waals surface area (Å²) in [6.45, 7) is 2.70. The molecule has 0 bridgehead atoms. The summed E-state index contributed by atoms with van der Waals surface area (Å²) in [4.78, 5) is 4.31. The average molecular weight is 284 g/mol. The Morgan fingerprint density at radius 2 is 2.10 bits per heavy atom. The van der Waals surface area contributed by atoms with Gasteiger partial charge in [0.25, 0.3) is 0 Å². The normalized spacial score (nSPS) is 12.7. The number of thiazole rings is 1. The van der Waals surface area contributed by atoms with Crippen LogP contribution in [0, 0.1) is 0 Å². The summed E-state index contributed by atoms with van der Waals surface area (Å²) in [5.74, 6) is 0.336. The lowest BCUT2D eigenvalue weighted by Crippen LogP contribution is -2.18. The second kappa shape index (κ2) is 5.61. The molecule has 0 aliphatic rings. The number of aromatic nitrogens is 1. The molecule has 0 saturated heterocycles. The fraction of sp³-hybridized carbons (Fsp3) is 0.188. The maximum absolute atomic E-state index is 10.1. The first kappa shape index (κ1) is 13.1. The van der Waals surface area contributed by atoms with E-state index in [1.807, 2.05) is 35.8 Å². The Morgan fingerprint density at radius 3 is 2.90 bits per heavy atom. The molecule has 4 heteroatoms. The molecule has 0 spiro atoms. The van der Waals surface area contributed by atoms with Gasteiger partial charge in [-0.2, -0.15) is 0 Å². The molecule has 0 aliphatic carbocycles. The van der Waals surface area contributed by atoms with Crippen molar-refractivity contribution in [2.45, 2.75) is 19.5 Å². The number of benzene rings is 2. The van der Waals surface area contributed by atoms with Crippen LogP contribution in [0.15, 0.2) is 48.0 Å². The Kier molecular flexibility index (Phi) is 3.67. The standard InChI is InChI=1S/C16H16N2OS/c1-11(16-17-8-9-20-16)18-10-14-13-5-3-2-4-12(13)6-7-15(14)19/h2-9,11,18-19H,10H2,1H3. The summed E-state index contributed by atoms with van der Waals surface area (Å²) in [6.07, 6.45) is 1.81. The third-order valence-electron chi connectivity index (χ3n) is 3.42. The molecule has 1 atom stereocenters. The maximum Gasteiger partial charge on any atom is 0.120 e. The minimum atomic E-state index is 0.174. The summed E-state index contributed by atoms with van der Waals surface area (Å²) >= 11 is 1.64. The second-order valence-electron chi connectivity index (χ2n) is 4.76. The Morgan fingerprint density at radius 1 is 1.25 bits per heavy atom. The van der Waals surface area contributed by atoms with Gasteiger partial charge in [0.1, 0.15) is 10.8 Å². The maximum atomic E-state index is 10.1. The van der Waals surface area contributed by atoms with E-state index in [0.717, 1.165) is 21.3 Å². The lowest BCUT2D eigenvalue weighted by molar-refractivity contribution is 0.462. The monoisotopic (exact) mass is 284 g/mol. The van der Waals surface area contributed by atoms with E-state index in [-0.39, 0.29) is 6.04 Å². The quantitative estimate of drug-likeness (QED) is 0.765. The van der Waals surface area contributed by atoms with Crippen LogP contribution in [0.1, 0.15) is 23.5 Å². The summed E-state index contributed by atoms with van der Waals surface area (Å²) in [6, 6.07) is 12.0. The molecule has 2 aromatic carbocycles. The fourth-order valence-electron chi connectivity index (χ4n) is 2.30. The van der Waals surface area contributed by atoms with Crippen LogP contribution in [0.25, 0.3) is 10.8 Å². The van der Waals surface area contributed by atoms with Gasteiger partial charge in [0.2, 0.25) is 0 Å². The van der Waals surface area contributed by atoms with Crippen molar-refractivity contribution in [3.63, 3.8) is 0 Å². The van der Waals surface area contributed by atoms with Crippen LogP contribution in [-0.4, -0.2) is 10.1 Å². The molecular weight excluding hydrogens is 268 g/mol. The highest BCUT2D eigenvalue weighted by atomic mass is 32.1. The van der Waals surface area contributed by atoms with E-state index in [1.54, 1.807) is 17.4 Å². The summed E-state index contributed by atoms with van der Waals surface area (Å²) in [5, 5.41) is 18.8. The van der Waals surface area contributed by atoms with Crippen molar-refractivity contribution in [1.29, 1.82) is 0 Å². The van der Waals surface area contributed by atoms with E-state index in [4.69, 9.17) is 0 Å². The van der Waals surface area contributed by atoms with Gasteiger partial charge in [0, 0.05) is 23.7 Å². The second-order valence-corrected chi connectivity index (χ2v) is 5.68. The third kappa shape index (κ3) is 2.53. The molecule has 0 aliphatic heterocycles. The molecule has 3 rings (SSSR count). The number of fused-ring (bicyclic) bond motifs is 1. The number of nitrogens with zero attached hydrogens (tertiary/aromatic N) is 1. The van der Waals surface area contributed by atoms with Gasteiger partial charge in [-0.05, 0) is 23.8 Å². The highest BCUT2D eigenvalue weighted by Gasteiger charge is 2.11. The fourth-order valence-corrected chi connectivity index (χ4v) is 2.97. The highest BCUT2D eigenvalue weighted by molar-refractivity contribution is 7.09. The SMILES string of the molecule is CC(NCc1c(O)ccc2ccccc12)c1nccs1. The van der Waals surface area contributed by atoms with Crippen molar-refractivity contribution in [3.05, 3.63) is 58.5 Å². The predicted molar refractivity (Wildman–Crippen MR) is 83.0 cm³/mol. The van der Waals surface area contributed by atoms with E-state index < -0.39 is 0 Å². The van der Waals surface area contributed by atoms with Crippen LogP contribution in [0.5, 0.6) is 5.75 Å². The number of rotatable bonds is 4. The van der Waals surface area contributed by atoms with E-state index in [1.165, 1.54) is 0 Å². The topological polar surface area (TPSA) is 45.1 Å². The smallest absolute Gasteiger partial charge is 0.120 e. The molecule has 0 radical (unpaired) electrons. The number of hydrogen-bond acceptors (Lipinski definition) is 4. The number of nitrogens with one attached hydrogen (secondary N) is 1. The lowest BCUT2D eigenvalue weighted by Gasteiger charge is -2.14. The number of phenolic OH excluding ortho intramolecular Hbond substituents is 1. The molecular formula is C16H16N2OS. The molecule has 1 heterocycles. The number of hydrogen-bond donors (Lipinski definition) is 2. The predicted octanol–water partition coefficient (Wildman–Crippen LogP) is 3.85. The van der Waals surface area contributed by atoms with Gasteiger partial charge in [-0.3, -0.25) is 0 Å². The lowest BCUT2D eigenvalue weighted by atomic mass is 10.0. The highest BCUT2D eigenvalue weighted by Crippen LogP contribution is 2.27. The summed E-state index contributed by atoms with van der Waals surface area (Å²) < 4.78 is 0. The van der Waals surface area contributed by atoms with E-state index in [9.17, 15) is 5.11 Å². The third-order valence-corrected chi connectivity index (χ3v) is 4.38. The van der Waals surface area contributed by atoms with Crippen LogP contribution in [-0.2, 0) is 6.54 Å². The molecule has 1 aromatic heterocycles. The first-order valence-corrected chi connectivity index (χ1v) is 7.46. The number of aromatic hydroxyl groups is 1. The molecule has 2 N–H and O–H groups in total. The van der Waals surface area contributed by atoms with Crippen LogP contribution in [0.2, 0.25) is 0 Å². The van der Waals surface area contributed by atoms with Gasteiger partial charge in [-0.15, -0.1) is 11.3 Å². The summed E-state index contributed by atoms with van der Waals surface area (Å²) in [7, 11) is 0. The van der Waals surface area contributed by atoms with Crippen molar-refractivity contribution in [2.24, 2.45) is 0 Å². The van der Waals surface area contributed by atoms with Crippen LogP contribution in [0.4, 0.5) is 0 Å². The molecule has 0 fully saturated rings. The van der Waals surface area contributed by atoms with Crippen LogP contribution >= 0.6 is 11.3 Å². The van der Waals surface area contributed by atoms with Gasteiger partial charge in [-0.25, -0.2) is 4.98 Å². The minimum Gasteiger partial charge on any atom is -0.508 e. The van der Waals surface area contributed by atoms with Gasteiger partial charge in [-0.1, -0.05) is 30.3 Å². The molecule has 1 unspecified atom stereocenters. The number of phenols is 1. The van der Waals surface area contributed by atoms with Crippen molar-refractivity contribution in [3.8, 4) is 5.75 Å². The van der Waals surface area contributed by atoms with Crippen LogP contribution < -0.4 is 5.32 Å². The first-order valence-electron chi connectivity index (χ1n) is 6.58. The van der Waals surface area contributed by atoms with E-state index in [2.05, 4.69) is 23.3 Å². The van der Waals surface area contributed by atoms with Gasteiger partial charge in [0.15, 0.2) is 0 Å². The Balaban J connectivity index is 1.85. The van der Waals surface area contributed by atoms with E-state index >= 15 is 0 Å². The van der Waals surface area contributed by atoms with Crippen LogP contribution in [0.3, 0.4) is 0 Å². The van der Waals surface area contributed by atoms with Crippen molar-refractivity contribution >= 4 is 22.1 Å². The largest absolute Gasteiger partial charge is 0.508 e. The average Bonchev–Trinajstić information content (AvgIpc) is 3.00. The Bertz CT molecular complexity index is 710. The summed E-state index contributed by atoms with van der Waals surface area (Å²) in [5.41, 5.74) is 0.937. The van der Waals surface area contributed by atoms with Gasteiger partial charge >= 0.3 is 0 Å². The first-order chi connectivity index (χ1) is 9.75. The zero-order valence-electron chi connectivity index (χ0n) is 11.2. The minimum absolute atomic E-state index is 0.174. The molecule has 3 aromatic rings. The Hall–Kier alpha value is -1.91. The molecule has 20 heavy (non-hydrogen) atoms. The van der Waals surface area contributed by atoms with E-state index in [0.29, 0.717) is 12.3 Å². The zero-order chi connectivity index (χ0) is 13.9.